The molecule has 1 heterocycles. The Morgan fingerprint density at radius 1 is 1.23 bits per heavy atom. The number of hydrogen-bond donors (Lipinski definition) is 0. The van der Waals surface area contributed by atoms with E-state index < -0.39 is 11.8 Å². The van der Waals surface area contributed by atoms with E-state index in [9.17, 15) is 9.18 Å². The number of ether oxygens (including phenoxy) is 3. The first-order valence-corrected chi connectivity index (χ1v) is 6.58. The van der Waals surface area contributed by atoms with Crippen molar-refractivity contribution < 1.29 is 23.4 Å². The zero-order valence-electron chi connectivity index (χ0n) is 12.3. The second kappa shape index (κ2) is 7.51. The standard InChI is InChI=1S/C16H16FNO4/c1-20-10-22-15-5-3-4-14(18-15)12-7-6-11(13(17)8-12)9-16(19)21-2/h3-8H,9-10H2,1-2H3. The summed E-state index contributed by atoms with van der Waals surface area (Å²) in [6, 6.07) is 9.77. The van der Waals surface area contributed by atoms with Crippen molar-refractivity contribution in [2.75, 3.05) is 21.0 Å². The van der Waals surface area contributed by atoms with E-state index in [4.69, 9.17) is 9.47 Å². The average Bonchev–Trinajstić information content (AvgIpc) is 2.55. The van der Waals surface area contributed by atoms with Crippen molar-refractivity contribution in [3.63, 3.8) is 0 Å². The lowest BCUT2D eigenvalue weighted by atomic mass is 10.1. The largest absolute Gasteiger partial charge is 0.469 e. The lowest BCUT2D eigenvalue weighted by molar-refractivity contribution is -0.139. The van der Waals surface area contributed by atoms with Crippen LogP contribution in [0.15, 0.2) is 36.4 Å². The van der Waals surface area contributed by atoms with Gasteiger partial charge in [-0.2, -0.15) is 0 Å². The minimum absolute atomic E-state index is 0.0862. The van der Waals surface area contributed by atoms with Gasteiger partial charge in [0.1, 0.15) is 5.82 Å². The van der Waals surface area contributed by atoms with Crippen LogP contribution >= 0.6 is 0 Å². The number of methoxy groups -OCH3 is 2. The van der Waals surface area contributed by atoms with Crippen LogP contribution in [-0.4, -0.2) is 32.0 Å². The summed E-state index contributed by atoms with van der Waals surface area (Å²) in [5, 5.41) is 0. The van der Waals surface area contributed by atoms with Gasteiger partial charge in [0.15, 0.2) is 6.79 Å². The molecule has 2 rings (SSSR count). The Morgan fingerprint density at radius 2 is 2.05 bits per heavy atom. The molecule has 0 saturated heterocycles. The maximum absolute atomic E-state index is 14.0. The third kappa shape index (κ3) is 4.02. The van der Waals surface area contributed by atoms with E-state index in [2.05, 4.69) is 9.72 Å². The van der Waals surface area contributed by atoms with Gasteiger partial charge in [0.05, 0.1) is 19.2 Å². The summed E-state index contributed by atoms with van der Waals surface area (Å²) in [6.07, 6.45) is -0.104. The smallest absolute Gasteiger partial charge is 0.310 e. The van der Waals surface area contributed by atoms with Crippen LogP contribution in [0.2, 0.25) is 0 Å². The Morgan fingerprint density at radius 3 is 2.73 bits per heavy atom. The average molecular weight is 305 g/mol. The van der Waals surface area contributed by atoms with Gasteiger partial charge in [-0.3, -0.25) is 4.79 Å². The highest BCUT2D eigenvalue weighted by atomic mass is 19.1. The van der Waals surface area contributed by atoms with Crippen molar-refractivity contribution >= 4 is 5.97 Å². The summed E-state index contributed by atoms with van der Waals surface area (Å²) < 4.78 is 28.6. The molecule has 0 aliphatic rings. The van der Waals surface area contributed by atoms with Crippen LogP contribution in [0.5, 0.6) is 5.88 Å². The van der Waals surface area contributed by atoms with Crippen molar-refractivity contribution in [2.24, 2.45) is 0 Å². The first kappa shape index (κ1) is 15.9. The zero-order valence-corrected chi connectivity index (χ0v) is 12.3. The molecule has 0 unspecified atom stereocenters. The van der Waals surface area contributed by atoms with Gasteiger partial charge >= 0.3 is 5.97 Å². The molecule has 0 bridgehead atoms. The molecule has 1 aromatic heterocycles. The molecule has 2 aromatic rings. The van der Waals surface area contributed by atoms with Gasteiger partial charge in [-0.1, -0.05) is 18.2 Å². The molecule has 1 aromatic carbocycles. The summed E-state index contributed by atoms with van der Waals surface area (Å²) >= 11 is 0. The first-order valence-electron chi connectivity index (χ1n) is 6.58. The van der Waals surface area contributed by atoms with Crippen LogP contribution in [-0.2, 0) is 20.7 Å². The molecule has 0 fully saturated rings. The molecule has 0 spiro atoms. The number of halogens is 1. The Hall–Kier alpha value is -2.47. The van der Waals surface area contributed by atoms with Crippen molar-refractivity contribution in [2.45, 2.75) is 6.42 Å². The van der Waals surface area contributed by atoms with Crippen LogP contribution in [0.4, 0.5) is 4.39 Å². The fraction of sp³-hybridized carbons (Fsp3) is 0.250. The number of benzene rings is 1. The highest BCUT2D eigenvalue weighted by Gasteiger charge is 2.10. The Kier molecular flexibility index (Phi) is 5.43. The van der Waals surface area contributed by atoms with Crippen LogP contribution in [0.25, 0.3) is 11.3 Å². The molecule has 22 heavy (non-hydrogen) atoms. The number of nitrogens with zero attached hydrogens (tertiary/aromatic N) is 1. The van der Waals surface area contributed by atoms with Crippen molar-refractivity contribution in [3.05, 3.63) is 47.8 Å². The van der Waals surface area contributed by atoms with Gasteiger partial charge in [0, 0.05) is 18.7 Å². The number of esters is 1. The molecular formula is C16H16FNO4. The quantitative estimate of drug-likeness (QED) is 0.606. The topological polar surface area (TPSA) is 57.7 Å². The fourth-order valence-electron chi connectivity index (χ4n) is 1.85. The van der Waals surface area contributed by atoms with Crippen LogP contribution in [0.3, 0.4) is 0 Å². The molecule has 0 aliphatic heterocycles. The molecule has 0 saturated carbocycles. The molecule has 0 N–H and O–H groups in total. The molecule has 0 aliphatic carbocycles. The predicted octanol–water partition coefficient (Wildman–Crippen LogP) is 2.59. The number of carbonyl (C=O) groups is 1. The van der Waals surface area contributed by atoms with E-state index in [1.54, 1.807) is 30.3 Å². The molecule has 6 heteroatoms. The van der Waals surface area contributed by atoms with Crippen LogP contribution in [0.1, 0.15) is 5.56 Å². The van der Waals surface area contributed by atoms with Gasteiger partial charge in [-0.15, -0.1) is 0 Å². The third-order valence-corrected chi connectivity index (χ3v) is 2.96. The normalized spacial score (nSPS) is 10.3. The molecule has 0 radical (unpaired) electrons. The highest BCUT2D eigenvalue weighted by molar-refractivity contribution is 5.73. The molecule has 5 nitrogen and oxygen atoms in total. The minimum Gasteiger partial charge on any atom is -0.469 e. The monoisotopic (exact) mass is 305 g/mol. The number of pyridine rings is 1. The predicted molar refractivity (Wildman–Crippen MR) is 77.9 cm³/mol. The number of carbonyl (C=O) groups excluding carboxylic acids is 1. The van der Waals surface area contributed by atoms with Gasteiger partial charge < -0.3 is 14.2 Å². The number of hydrogen-bond acceptors (Lipinski definition) is 5. The third-order valence-electron chi connectivity index (χ3n) is 2.96. The molecule has 0 atom stereocenters. The zero-order chi connectivity index (χ0) is 15.9. The van der Waals surface area contributed by atoms with E-state index in [-0.39, 0.29) is 18.8 Å². The van der Waals surface area contributed by atoms with Gasteiger partial charge in [-0.25, -0.2) is 9.37 Å². The van der Waals surface area contributed by atoms with E-state index in [0.29, 0.717) is 17.1 Å². The minimum atomic E-state index is -0.486. The molecule has 0 amide bonds. The van der Waals surface area contributed by atoms with E-state index in [0.717, 1.165) is 0 Å². The van der Waals surface area contributed by atoms with Crippen molar-refractivity contribution in [1.29, 1.82) is 0 Å². The molecular weight excluding hydrogens is 289 g/mol. The van der Waals surface area contributed by atoms with Gasteiger partial charge in [-0.05, 0) is 17.7 Å². The Balaban J connectivity index is 2.22. The van der Waals surface area contributed by atoms with E-state index in [1.807, 2.05) is 0 Å². The van der Waals surface area contributed by atoms with Crippen LogP contribution < -0.4 is 4.74 Å². The summed E-state index contributed by atoms with van der Waals surface area (Å²) in [6.45, 7) is 0.0862. The fourth-order valence-corrected chi connectivity index (χ4v) is 1.85. The van der Waals surface area contributed by atoms with E-state index >= 15 is 0 Å². The lowest BCUT2D eigenvalue weighted by Gasteiger charge is -2.08. The Labute approximate surface area is 127 Å². The maximum atomic E-state index is 14.0. The second-order valence-corrected chi connectivity index (χ2v) is 4.47. The first-order chi connectivity index (χ1) is 10.6. The number of aromatic nitrogens is 1. The van der Waals surface area contributed by atoms with Crippen molar-refractivity contribution in [3.8, 4) is 17.1 Å². The number of rotatable bonds is 6. The van der Waals surface area contributed by atoms with Gasteiger partial charge in [0.25, 0.3) is 0 Å². The Bertz CT molecular complexity index is 660. The molecule has 116 valence electrons. The van der Waals surface area contributed by atoms with Crippen LogP contribution in [0, 0.1) is 5.82 Å². The maximum Gasteiger partial charge on any atom is 0.310 e. The summed E-state index contributed by atoms with van der Waals surface area (Å²) in [5.41, 5.74) is 1.44. The van der Waals surface area contributed by atoms with E-state index in [1.165, 1.54) is 20.3 Å². The SMILES string of the molecule is COCOc1cccc(-c2ccc(CC(=O)OC)c(F)c2)n1. The summed E-state index contributed by atoms with van der Waals surface area (Å²) in [4.78, 5) is 15.5. The van der Waals surface area contributed by atoms with Gasteiger partial charge in [0.2, 0.25) is 5.88 Å². The highest BCUT2D eigenvalue weighted by Crippen LogP contribution is 2.22. The lowest BCUT2D eigenvalue weighted by Crippen LogP contribution is -2.06. The van der Waals surface area contributed by atoms with Crippen molar-refractivity contribution in [1.82, 2.24) is 4.98 Å². The summed E-state index contributed by atoms with van der Waals surface area (Å²) in [7, 11) is 2.78. The summed E-state index contributed by atoms with van der Waals surface area (Å²) in [5.74, 6) is -0.578. The second-order valence-electron chi connectivity index (χ2n) is 4.47.